The quantitative estimate of drug-likeness (QED) is 0.731. The number of thiazole rings is 1. The highest BCUT2D eigenvalue weighted by molar-refractivity contribution is 7.10. The Kier molecular flexibility index (Phi) is 2.37. The standard InChI is InChI=1S/C11H6F3N3S/c12-11(13,14)10-17-9(4-18-10)6-1-2-7-8(3-6)16-5-15-7/h1-5H,(H,15,16). The number of nitrogens with zero attached hydrogens (tertiary/aromatic N) is 2. The zero-order valence-electron chi connectivity index (χ0n) is 8.82. The first-order valence-electron chi connectivity index (χ1n) is 5.00. The molecule has 0 fully saturated rings. The van der Waals surface area contributed by atoms with E-state index in [2.05, 4.69) is 15.0 Å². The van der Waals surface area contributed by atoms with Crippen LogP contribution >= 0.6 is 11.3 Å². The summed E-state index contributed by atoms with van der Waals surface area (Å²) < 4.78 is 37.4. The fourth-order valence-electron chi connectivity index (χ4n) is 1.63. The van der Waals surface area contributed by atoms with E-state index in [1.807, 2.05) is 0 Å². The van der Waals surface area contributed by atoms with Crippen molar-refractivity contribution in [2.45, 2.75) is 6.18 Å². The summed E-state index contributed by atoms with van der Waals surface area (Å²) in [6, 6.07) is 5.18. The van der Waals surface area contributed by atoms with Crippen LogP contribution in [0.4, 0.5) is 13.2 Å². The van der Waals surface area contributed by atoms with Crippen molar-refractivity contribution >= 4 is 22.4 Å². The minimum Gasteiger partial charge on any atom is -0.345 e. The first-order chi connectivity index (χ1) is 8.54. The number of benzene rings is 1. The molecular weight excluding hydrogens is 263 g/mol. The number of H-pyrrole nitrogens is 1. The summed E-state index contributed by atoms with van der Waals surface area (Å²) >= 11 is 0.597. The molecule has 18 heavy (non-hydrogen) atoms. The fourth-order valence-corrected chi connectivity index (χ4v) is 2.33. The number of rotatable bonds is 1. The van der Waals surface area contributed by atoms with Crippen LogP contribution in [0.1, 0.15) is 5.01 Å². The van der Waals surface area contributed by atoms with Gasteiger partial charge in [0.05, 0.1) is 23.1 Å². The topological polar surface area (TPSA) is 41.6 Å². The van der Waals surface area contributed by atoms with Crippen molar-refractivity contribution in [3.8, 4) is 11.3 Å². The highest BCUT2D eigenvalue weighted by Gasteiger charge is 2.34. The highest BCUT2D eigenvalue weighted by Crippen LogP contribution is 2.34. The van der Waals surface area contributed by atoms with Crippen molar-refractivity contribution < 1.29 is 13.2 Å². The second kappa shape index (κ2) is 3.81. The van der Waals surface area contributed by atoms with Gasteiger partial charge in [0.15, 0.2) is 5.01 Å². The zero-order chi connectivity index (χ0) is 12.8. The van der Waals surface area contributed by atoms with E-state index in [9.17, 15) is 13.2 Å². The van der Waals surface area contributed by atoms with Crippen LogP contribution in [0.15, 0.2) is 29.9 Å². The van der Waals surface area contributed by atoms with Gasteiger partial charge in [-0.3, -0.25) is 0 Å². The number of halogens is 3. The number of fused-ring (bicyclic) bond motifs is 1. The number of hydrogen-bond acceptors (Lipinski definition) is 3. The minimum absolute atomic E-state index is 0.323. The van der Waals surface area contributed by atoms with Crippen molar-refractivity contribution in [1.82, 2.24) is 15.0 Å². The van der Waals surface area contributed by atoms with Crippen molar-refractivity contribution in [2.75, 3.05) is 0 Å². The van der Waals surface area contributed by atoms with Crippen LogP contribution in [-0.4, -0.2) is 15.0 Å². The van der Waals surface area contributed by atoms with Gasteiger partial charge < -0.3 is 4.98 Å². The molecule has 0 aliphatic rings. The van der Waals surface area contributed by atoms with E-state index in [4.69, 9.17) is 0 Å². The Morgan fingerprint density at radius 2 is 2.06 bits per heavy atom. The predicted molar refractivity (Wildman–Crippen MR) is 62.2 cm³/mol. The summed E-state index contributed by atoms with van der Waals surface area (Å²) in [7, 11) is 0. The van der Waals surface area contributed by atoms with Crippen LogP contribution in [0.3, 0.4) is 0 Å². The van der Waals surface area contributed by atoms with Crippen LogP contribution in [0, 0.1) is 0 Å². The van der Waals surface area contributed by atoms with Crippen LogP contribution in [-0.2, 0) is 6.18 Å². The van der Waals surface area contributed by atoms with Gasteiger partial charge in [-0.2, -0.15) is 13.2 Å². The van der Waals surface area contributed by atoms with Crippen molar-refractivity contribution in [3.63, 3.8) is 0 Å². The number of alkyl halides is 3. The molecule has 92 valence electrons. The summed E-state index contributed by atoms with van der Waals surface area (Å²) in [5, 5.41) is 0.572. The lowest BCUT2D eigenvalue weighted by atomic mass is 10.1. The van der Waals surface area contributed by atoms with E-state index in [0.717, 1.165) is 11.0 Å². The molecule has 0 radical (unpaired) electrons. The van der Waals surface area contributed by atoms with Gasteiger partial charge >= 0.3 is 6.18 Å². The molecule has 1 N–H and O–H groups in total. The molecule has 0 aliphatic carbocycles. The molecule has 0 aliphatic heterocycles. The third kappa shape index (κ3) is 1.86. The normalized spacial score (nSPS) is 12.2. The predicted octanol–water partition coefficient (Wildman–Crippen LogP) is 3.71. The number of aromatic nitrogens is 3. The maximum atomic E-state index is 12.5. The lowest BCUT2D eigenvalue weighted by Gasteiger charge is -2.00. The summed E-state index contributed by atoms with van der Waals surface area (Å²) in [6.45, 7) is 0. The van der Waals surface area contributed by atoms with Gasteiger partial charge in [-0.15, -0.1) is 11.3 Å². The largest absolute Gasteiger partial charge is 0.443 e. The average molecular weight is 269 g/mol. The first kappa shape index (κ1) is 11.2. The third-order valence-electron chi connectivity index (χ3n) is 2.46. The zero-order valence-corrected chi connectivity index (χ0v) is 9.64. The highest BCUT2D eigenvalue weighted by atomic mass is 32.1. The van der Waals surface area contributed by atoms with Crippen molar-refractivity contribution in [2.24, 2.45) is 0 Å². The van der Waals surface area contributed by atoms with Crippen molar-refractivity contribution in [3.05, 3.63) is 34.9 Å². The molecule has 3 nitrogen and oxygen atoms in total. The first-order valence-corrected chi connectivity index (χ1v) is 5.88. The van der Waals surface area contributed by atoms with E-state index in [1.54, 1.807) is 18.2 Å². The second-order valence-electron chi connectivity index (χ2n) is 3.67. The lowest BCUT2D eigenvalue weighted by Crippen LogP contribution is -2.03. The molecule has 0 spiro atoms. The Balaban J connectivity index is 2.06. The van der Waals surface area contributed by atoms with Gasteiger partial charge in [-0.25, -0.2) is 9.97 Å². The molecular formula is C11H6F3N3S. The smallest absolute Gasteiger partial charge is 0.345 e. The number of hydrogen-bond donors (Lipinski definition) is 1. The van der Waals surface area contributed by atoms with Gasteiger partial charge in [-0.05, 0) is 12.1 Å². The molecule has 0 amide bonds. The van der Waals surface area contributed by atoms with Gasteiger partial charge in [0.1, 0.15) is 0 Å². The number of nitrogens with one attached hydrogen (secondary N) is 1. The number of imidazole rings is 1. The summed E-state index contributed by atoms with van der Waals surface area (Å²) in [6.07, 6.45) is -2.85. The SMILES string of the molecule is FC(F)(F)c1nc(-c2ccc3nc[nH]c3c2)cs1. The summed E-state index contributed by atoms with van der Waals surface area (Å²) in [5.74, 6) is 0. The molecule has 1 aromatic carbocycles. The van der Waals surface area contributed by atoms with Crippen LogP contribution in [0.25, 0.3) is 22.3 Å². The van der Waals surface area contributed by atoms with Crippen LogP contribution in [0.2, 0.25) is 0 Å². The van der Waals surface area contributed by atoms with E-state index >= 15 is 0 Å². The lowest BCUT2D eigenvalue weighted by molar-refractivity contribution is -0.137. The second-order valence-corrected chi connectivity index (χ2v) is 4.53. The molecule has 2 heterocycles. The summed E-state index contributed by atoms with van der Waals surface area (Å²) in [4.78, 5) is 10.6. The average Bonchev–Trinajstić information content (AvgIpc) is 2.96. The molecule has 3 rings (SSSR count). The van der Waals surface area contributed by atoms with E-state index in [1.165, 1.54) is 11.7 Å². The molecule has 0 atom stereocenters. The molecule has 0 saturated heterocycles. The van der Waals surface area contributed by atoms with Gasteiger partial charge in [0.2, 0.25) is 0 Å². The minimum atomic E-state index is -4.39. The Morgan fingerprint density at radius 3 is 2.78 bits per heavy atom. The molecule has 0 unspecified atom stereocenters. The number of aromatic amines is 1. The molecule has 7 heteroatoms. The Morgan fingerprint density at radius 1 is 1.22 bits per heavy atom. The maximum absolute atomic E-state index is 12.5. The van der Waals surface area contributed by atoms with E-state index < -0.39 is 11.2 Å². The molecule has 0 bridgehead atoms. The van der Waals surface area contributed by atoms with Crippen LogP contribution in [0.5, 0.6) is 0 Å². The van der Waals surface area contributed by atoms with E-state index in [-0.39, 0.29) is 0 Å². The molecule has 2 aromatic heterocycles. The fraction of sp³-hybridized carbons (Fsp3) is 0.0909. The van der Waals surface area contributed by atoms with Gasteiger partial charge in [-0.1, -0.05) is 6.07 Å². The Labute approximate surface area is 103 Å². The monoisotopic (exact) mass is 269 g/mol. The van der Waals surface area contributed by atoms with E-state index in [0.29, 0.717) is 22.6 Å². The van der Waals surface area contributed by atoms with Crippen LogP contribution < -0.4 is 0 Å². The third-order valence-corrected chi connectivity index (χ3v) is 3.35. The van der Waals surface area contributed by atoms with Gasteiger partial charge in [0, 0.05) is 10.9 Å². The molecule has 3 aromatic rings. The Hall–Kier alpha value is -1.89. The van der Waals surface area contributed by atoms with Gasteiger partial charge in [0.25, 0.3) is 0 Å². The Bertz CT molecular complexity index is 699. The van der Waals surface area contributed by atoms with Crippen molar-refractivity contribution in [1.29, 1.82) is 0 Å². The molecule has 0 saturated carbocycles. The summed E-state index contributed by atoms with van der Waals surface area (Å²) in [5.41, 5.74) is 2.50. The maximum Gasteiger partial charge on any atom is 0.443 e.